The van der Waals surface area contributed by atoms with Crippen molar-refractivity contribution in [1.29, 1.82) is 0 Å². The van der Waals surface area contributed by atoms with Crippen LogP contribution in [0, 0.1) is 0 Å². The zero-order chi connectivity index (χ0) is 8.65. The fourth-order valence-corrected chi connectivity index (χ4v) is 1.63. The van der Waals surface area contributed by atoms with Gasteiger partial charge < -0.3 is 10.2 Å². The second-order valence-electron chi connectivity index (χ2n) is 3.40. The largest absolute Gasteiger partial charge is 0.314 e. The molecular formula is C9H20N3. The molecule has 0 aromatic rings. The van der Waals surface area contributed by atoms with E-state index in [1.165, 1.54) is 38.9 Å². The summed E-state index contributed by atoms with van der Waals surface area (Å²) < 4.78 is 0. The van der Waals surface area contributed by atoms with Crippen LogP contribution in [0.1, 0.15) is 19.3 Å². The molecule has 1 aliphatic rings. The molecule has 0 aliphatic carbocycles. The minimum Gasteiger partial charge on any atom is -0.314 e. The molecule has 0 aromatic carbocycles. The van der Waals surface area contributed by atoms with Crippen molar-refractivity contribution in [2.24, 2.45) is 0 Å². The summed E-state index contributed by atoms with van der Waals surface area (Å²) in [6.07, 6.45) is 4.16. The number of rotatable bonds is 5. The maximum absolute atomic E-state index is 6.95. The number of nitrogens with zero attached hydrogens (tertiary/aromatic N) is 1. The minimum absolute atomic E-state index is 0.500. The Labute approximate surface area is 75.3 Å². The average molecular weight is 170 g/mol. The van der Waals surface area contributed by atoms with Gasteiger partial charge in [-0.3, -0.25) is 5.73 Å². The maximum atomic E-state index is 6.95. The normalized spacial score (nSPS) is 19.8. The smallest absolute Gasteiger partial charge is 0.0225 e. The summed E-state index contributed by atoms with van der Waals surface area (Å²) in [5.41, 5.74) is 6.95. The molecule has 1 rings (SSSR count). The summed E-state index contributed by atoms with van der Waals surface area (Å²) in [5, 5.41) is 3.25. The Morgan fingerprint density at radius 1 is 1.08 bits per heavy atom. The van der Waals surface area contributed by atoms with Crippen molar-refractivity contribution in [3.63, 3.8) is 0 Å². The van der Waals surface area contributed by atoms with Gasteiger partial charge in [0.2, 0.25) is 0 Å². The fraction of sp³-hybridized carbons (Fsp3) is 1.00. The number of hydrogen-bond acceptors (Lipinski definition) is 2. The van der Waals surface area contributed by atoms with E-state index < -0.39 is 0 Å². The van der Waals surface area contributed by atoms with Crippen molar-refractivity contribution in [3.8, 4) is 0 Å². The van der Waals surface area contributed by atoms with Crippen molar-refractivity contribution >= 4 is 0 Å². The fourth-order valence-electron chi connectivity index (χ4n) is 1.63. The molecule has 1 saturated heterocycles. The molecule has 12 heavy (non-hydrogen) atoms. The van der Waals surface area contributed by atoms with Gasteiger partial charge in [0.05, 0.1) is 0 Å². The lowest BCUT2D eigenvalue weighted by atomic mass is 10.1. The lowest BCUT2D eigenvalue weighted by Gasteiger charge is -2.26. The van der Waals surface area contributed by atoms with Gasteiger partial charge in [-0.15, -0.1) is 0 Å². The van der Waals surface area contributed by atoms with E-state index in [1.54, 1.807) is 0 Å². The summed E-state index contributed by atoms with van der Waals surface area (Å²) in [5.74, 6) is 0. The van der Waals surface area contributed by atoms with Gasteiger partial charge in [0.1, 0.15) is 0 Å². The van der Waals surface area contributed by atoms with Crippen molar-refractivity contribution in [2.45, 2.75) is 19.3 Å². The molecular weight excluding hydrogens is 150 g/mol. The van der Waals surface area contributed by atoms with E-state index in [-0.39, 0.29) is 0 Å². The SMILES string of the molecule is [NH]CCNCCN1CCCCC1. The summed E-state index contributed by atoms with van der Waals surface area (Å²) in [4.78, 5) is 2.51. The number of likely N-dealkylation sites (tertiary alicyclic amines) is 1. The van der Waals surface area contributed by atoms with Gasteiger partial charge in [-0.05, 0) is 25.9 Å². The molecule has 0 aromatic heterocycles. The molecule has 0 bridgehead atoms. The molecule has 1 fully saturated rings. The van der Waals surface area contributed by atoms with E-state index in [0.29, 0.717) is 6.54 Å². The minimum atomic E-state index is 0.500. The highest BCUT2D eigenvalue weighted by Crippen LogP contribution is 2.06. The Bertz CT molecular complexity index is 99.9. The van der Waals surface area contributed by atoms with Gasteiger partial charge in [-0.2, -0.15) is 0 Å². The van der Waals surface area contributed by atoms with E-state index in [4.69, 9.17) is 5.73 Å². The molecule has 0 saturated carbocycles. The molecule has 2 N–H and O–H groups in total. The molecule has 0 unspecified atom stereocenters. The maximum Gasteiger partial charge on any atom is 0.0225 e. The van der Waals surface area contributed by atoms with Crippen LogP contribution in [0.5, 0.6) is 0 Å². The lowest BCUT2D eigenvalue weighted by molar-refractivity contribution is 0.229. The summed E-state index contributed by atoms with van der Waals surface area (Å²) in [6, 6.07) is 0. The number of piperidine rings is 1. The van der Waals surface area contributed by atoms with Crippen LogP contribution < -0.4 is 11.1 Å². The molecule has 3 heteroatoms. The van der Waals surface area contributed by atoms with Gasteiger partial charge >= 0.3 is 0 Å². The molecule has 0 amide bonds. The Hall–Kier alpha value is -0.120. The van der Waals surface area contributed by atoms with Crippen LogP contribution in [0.25, 0.3) is 0 Å². The predicted molar refractivity (Wildman–Crippen MR) is 51.1 cm³/mol. The van der Waals surface area contributed by atoms with Gasteiger partial charge in [0.25, 0.3) is 0 Å². The van der Waals surface area contributed by atoms with Crippen LogP contribution in [-0.4, -0.2) is 44.2 Å². The molecule has 3 nitrogen and oxygen atoms in total. The van der Waals surface area contributed by atoms with Crippen molar-refractivity contribution in [2.75, 3.05) is 39.3 Å². The Morgan fingerprint density at radius 2 is 1.83 bits per heavy atom. The monoisotopic (exact) mass is 170 g/mol. The first-order valence-corrected chi connectivity index (χ1v) is 5.01. The van der Waals surface area contributed by atoms with Crippen LogP contribution in [0.3, 0.4) is 0 Å². The first-order chi connectivity index (χ1) is 5.93. The quantitative estimate of drug-likeness (QED) is 0.604. The van der Waals surface area contributed by atoms with Gasteiger partial charge in [0, 0.05) is 26.2 Å². The second-order valence-corrected chi connectivity index (χ2v) is 3.40. The first kappa shape index (κ1) is 9.96. The topological polar surface area (TPSA) is 39.1 Å². The van der Waals surface area contributed by atoms with Crippen molar-refractivity contribution in [3.05, 3.63) is 0 Å². The number of nitrogens with one attached hydrogen (secondary N) is 2. The van der Waals surface area contributed by atoms with E-state index in [1.807, 2.05) is 0 Å². The van der Waals surface area contributed by atoms with Crippen LogP contribution in [0.2, 0.25) is 0 Å². The first-order valence-electron chi connectivity index (χ1n) is 5.01. The van der Waals surface area contributed by atoms with Gasteiger partial charge in [-0.25, -0.2) is 0 Å². The summed E-state index contributed by atoms with van der Waals surface area (Å²) in [7, 11) is 0. The third kappa shape index (κ3) is 4.04. The Kier molecular flexibility index (Phi) is 5.32. The van der Waals surface area contributed by atoms with E-state index in [9.17, 15) is 0 Å². The van der Waals surface area contributed by atoms with Crippen molar-refractivity contribution < 1.29 is 0 Å². The third-order valence-electron chi connectivity index (χ3n) is 2.36. The zero-order valence-corrected chi connectivity index (χ0v) is 7.81. The van der Waals surface area contributed by atoms with Crippen LogP contribution >= 0.6 is 0 Å². The molecule has 0 spiro atoms. The lowest BCUT2D eigenvalue weighted by Crippen LogP contribution is -2.36. The standard InChI is InChI=1S/C9H20N3/c10-4-5-11-6-9-12-7-2-1-3-8-12/h10-11H,1-9H2. The Balaban J connectivity index is 1.91. The summed E-state index contributed by atoms with van der Waals surface area (Å²) >= 11 is 0. The highest BCUT2D eigenvalue weighted by molar-refractivity contribution is 4.65. The second kappa shape index (κ2) is 6.40. The zero-order valence-electron chi connectivity index (χ0n) is 7.81. The predicted octanol–water partition coefficient (Wildman–Crippen LogP) is 0.345. The highest BCUT2D eigenvalue weighted by atomic mass is 15.1. The molecule has 1 aliphatic heterocycles. The van der Waals surface area contributed by atoms with Crippen LogP contribution in [0.15, 0.2) is 0 Å². The molecule has 1 radical (unpaired) electrons. The molecule has 1 heterocycles. The highest BCUT2D eigenvalue weighted by Gasteiger charge is 2.08. The van der Waals surface area contributed by atoms with Crippen molar-refractivity contribution in [1.82, 2.24) is 16.0 Å². The van der Waals surface area contributed by atoms with Gasteiger partial charge in [-0.1, -0.05) is 6.42 Å². The average Bonchev–Trinajstić information content (AvgIpc) is 2.14. The molecule has 71 valence electrons. The van der Waals surface area contributed by atoms with E-state index in [0.717, 1.165) is 13.1 Å². The third-order valence-corrected chi connectivity index (χ3v) is 2.36. The summed E-state index contributed by atoms with van der Waals surface area (Å²) in [6.45, 7) is 6.12. The molecule has 0 atom stereocenters. The van der Waals surface area contributed by atoms with Gasteiger partial charge in [0.15, 0.2) is 0 Å². The Morgan fingerprint density at radius 3 is 2.50 bits per heavy atom. The van der Waals surface area contributed by atoms with Crippen LogP contribution in [-0.2, 0) is 0 Å². The van der Waals surface area contributed by atoms with E-state index in [2.05, 4.69) is 10.2 Å². The van der Waals surface area contributed by atoms with E-state index >= 15 is 0 Å². The van der Waals surface area contributed by atoms with Crippen LogP contribution in [0.4, 0.5) is 0 Å². The number of hydrogen-bond donors (Lipinski definition) is 1.